The van der Waals surface area contributed by atoms with Crippen LogP contribution >= 0.6 is 0 Å². The van der Waals surface area contributed by atoms with Crippen molar-refractivity contribution in [1.82, 2.24) is 0 Å². The highest BCUT2D eigenvalue weighted by atomic mass is 32.3. The Bertz CT molecular complexity index is 878. The number of hydrogen-bond donors (Lipinski definition) is 2. The predicted molar refractivity (Wildman–Crippen MR) is 98.2 cm³/mol. The van der Waals surface area contributed by atoms with Crippen LogP contribution in [0.2, 0.25) is 0 Å². The topological polar surface area (TPSA) is 132 Å². The third kappa shape index (κ3) is 3.88. The molecule has 1 aliphatic heterocycles. The average Bonchev–Trinajstić information content (AvgIpc) is 2.56. The first-order valence-electron chi connectivity index (χ1n) is 9.09. The molecule has 27 heavy (non-hydrogen) atoms. The summed E-state index contributed by atoms with van der Waals surface area (Å²) in [6.07, 6.45) is 7.93. The first-order chi connectivity index (χ1) is 12.3. The molecule has 0 amide bonds. The van der Waals surface area contributed by atoms with Gasteiger partial charge in [-0.05, 0) is 42.4 Å². The van der Waals surface area contributed by atoms with E-state index in [2.05, 4.69) is 28.3 Å². The highest BCUT2D eigenvalue weighted by Crippen LogP contribution is 2.49. The van der Waals surface area contributed by atoms with Gasteiger partial charge in [0.05, 0.1) is 0 Å². The van der Waals surface area contributed by atoms with Crippen LogP contribution in [0.4, 0.5) is 0 Å². The minimum absolute atomic E-state index is 0. The second kappa shape index (κ2) is 7.26. The van der Waals surface area contributed by atoms with Gasteiger partial charge in [0.15, 0.2) is 5.71 Å². The second-order valence-corrected chi connectivity index (χ2v) is 8.69. The van der Waals surface area contributed by atoms with Crippen molar-refractivity contribution in [3.05, 3.63) is 35.9 Å². The van der Waals surface area contributed by atoms with Gasteiger partial charge in [-0.1, -0.05) is 19.1 Å². The van der Waals surface area contributed by atoms with Crippen LogP contribution in [-0.4, -0.2) is 35.8 Å². The van der Waals surface area contributed by atoms with Gasteiger partial charge < -0.3 is 19.3 Å². The van der Waals surface area contributed by atoms with E-state index < -0.39 is 10.4 Å². The highest BCUT2D eigenvalue weighted by molar-refractivity contribution is 7.81. The van der Waals surface area contributed by atoms with Gasteiger partial charge in [-0.25, -0.2) is 13.4 Å². The monoisotopic (exact) mass is 395 g/mol. The van der Waals surface area contributed by atoms with Crippen LogP contribution in [0, 0.1) is 23.7 Å². The number of rotatable bonds is 3. The molecule has 1 fully saturated rings. The maximum Gasteiger partial charge on any atom is 0.262 e. The number of phenolic OH excluding ortho intramolecular Hbond substituents is 1. The molecule has 7 nitrogen and oxygen atoms in total. The smallest absolute Gasteiger partial charge is 0.262 e. The molecule has 0 spiro atoms. The van der Waals surface area contributed by atoms with Crippen molar-refractivity contribution in [3.63, 3.8) is 0 Å². The van der Waals surface area contributed by atoms with E-state index in [1.807, 2.05) is 0 Å². The van der Waals surface area contributed by atoms with E-state index in [1.165, 1.54) is 18.6 Å². The summed E-state index contributed by atoms with van der Waals surface area (Å²) in [7, 11) is -4.88. The van der Waals surface area contributed by atoms with Gasteiger partial charge in [-0.2, -0.15) is 0 Å². The SMILES string of the molecule is C[C@H]1C[NH+]=C2CCC[C@@H]3C=C[C@H](c4cc(O)cc(OS(=O)(=O)[O-])c4)[C@H]1[C@@H]23.O. The quantitative estimate of drug-likeness (QED) is 0.430. The minimum Gasteiger partial charge on any atom is -0.716 e. The molecule has 0 unspecified atom stereocenters. The molecule has 1 aromatic carbocycles. The number of allylic oxidation sites excluding steroid dienone is 2. The number of hydrogen-bond acceptors (Lipinski definition) is 5. The molecule has 4 rings (SSSR count). The zero-order chi connectivity index (χ0) is 18.5. The van der Waals surface area contributed by atoms with Crippen LogP contribution < -0.4 is 9.18 Å². The predicted octanol–water partition coefficient (Wildman–Crippen LogP) is 0.264. The van der Waals surface area contributed by atoms with Crippen molar-refractivity contribution < 1.29 is 32.7 Å². The Morgan fingerprint density at radius 3 is 2.78 bits per heavy atom. The number of aromatic hydroxyl groups is 1. The van der Waals surface area contributed by atoms with E-state index in [9.17, 15) is 18.1 Å². The summed E-state index contributed by atoms with van der Waals surface area (Å²) in [6, 6.07) is 4.34. The maximum atomic E-state index is 10.9. The Morgan fingerprint density at radius 1 is 1.26 bits per heavy atom. The zero-order valence-corrected chi connectivity index (χ0v) is 15.9. The molecule has 4 N–H and O–H groups in total. The molecular formula is C19H25NO6S. The molecule has 8 heteroatoms. The van der Waals surface area contributed by atoms with Gasteiger partial charge in [0.2, 0.25) is 0 Å². The van der Waals surface area contributed by atoms with Gasteiger partial charge in [0.1, 0.15) is 18.0 Å². The van der Waals surface area contributed by atoms with E-state index in [4.69, 9.17) is 0 Å². The average molecular weight is 395 g/mol. The minimum atomic E-state index is -4.88. The number of nitrogens with one attached hydrogen (secondary N) is 1. The van der Waals surface area contributed by atoms with E-state index in [0.717, 1.165) is 24.6 Å². The van der Waals surface area contributed by atoms with Gasteiger partial charge in [-0.15, -0.1) is 0 Å². The standard InChI is InChI=1S/C19H23NO5S.H2O/c1-11-10-20-17-4-2-3-12-5-6-16(18(11)19(12)17)13-7-14(21)9-15(8-13)25-26(22,23)24;/h5-9,11-12,16,18-19,21H,2-4,10H2,1H3,(H,22,23,24);1H2/t11-,12+,16+,18-,19+;/m0./s1. The van der Waals surface area contributed by atoms with Crippen LogP contribution in [0.3, 0.4) is 0 Å². The molecule has 1 saturated carbocycles. The summed E-state index contributed by atoms with van der Waals surface area (Å²) < 4.78 is 37.2. The molecule has 5 atom stereocenters. The van der Waals surface area contributed by atoms with Crippen LogP contribution in [0.25, 0.3) is 0 Å². The lowest BCUT2D eigenvalue weighted by molar-refractivity contribution is -0.482. The van der Waals surface area contributed by atoms with E-state index in [1.54, 1.807) is 12.1 Å². The number of phenols is 1. The molecular weight excluding hydrogens is 370 g/mol. The summed E-state index contributed by atoms with van der Waals surface area (Å²) in [6.45, 7) is 3.15. The fourth-order valence-corrected chi connectivity index (χ4v) is 5.45. The normalized spacial score (nSPS) is 32.1. The van der Waals surface area contributed by atoms with Crippen LogP contribution in [-0.2, 0) is 10.4 Å². The lowest BCUT2D eigenvalue weighted by Gasteiger charge is -2.45. The van der Waals surface area contributed by atoms with Gasteiger partial charge >= 0.3 is 0 Å². The van der Waals surface area contributed by atoms with E-state index >= 15 is 0 Å². The van der Waals surface area contributed by atoms with Gasteiger partial charge in [0.25, 0.3) is 10.4 Å². The molecule has 0 aromatic heterocycles. The third-order valence-electron chi connectivity index (χ3n) is 6.05. The Balaban J connectivity index is 0.00000210. The van der Waals surface area contributed by atoms with Crippen molar-refractivity contribution in [1.29, 1.82) is 0 Å². The summed E-state index contributed by atoms with van der Waals surface area (Å²) in [5.74, 6) is 1.60. The maximum absolute atomic E-state index is 10.9. The van der Waals surface area contributed by atoms with Crippen molar-refractivity contribution in [2.75, 3.05) is 6.54 Å². The Hall–Kier alpha value is -1.90. The molecule has 1 heterocycles. The molecule has 0 saturated heterocycles. The van der Waals surface area contributed by atoms with Crippen molar-refractivity contribution in [2.24, 2.45) is 23.7 Å². The fraction of sp³-hybridized carbons (Fsp3) is 0.526. The lowest BCUT2D eigenvalue weighted by Crippen LogP contribution is -2.81. The van der Waals surface area contributed by atoms with Gasteiger partial charge in [0, 0.05) is 30.2 Å². The van der Waals surface area contributed by atoms with Crippen LogP contribution in [0.15, 0.2) is 30.4 Å². The molecule has 2 aliphatic carbocycles. The fourth-order valence-electron chi connectivity index (χ4n) is 5.12. The highest BCUT2D eigenvalue weighted by Gasteiger charge is 2.48. The first kappa shape index (κ1) is 19.9. The summed E-state index contributed by atoms with van der Waals surface area (Å²) >= 11 is 0. The van der Waals surface area contributed by atoms with Crippen molar-refractivity contribution >= 4 is 16.1 Å². The zero-order valence-electron chi connectivity index (χ0n) is 15.1. The molecule has 3 aliphatic rings. The summed E-state index contributed by atoms with van der Waals surface area (Å²) in [5, 5.41) is 10.0. The van der Waals surface area contributed by atoms with E-state index in [-0.39, 0.29) is 22.9 Å². The molecule has 148 valence electrons. The molecule has 0 radical (unpaired) electrons. The molecule has 0 bridgehead atoms. The summed E-state index contributed by atoms with van der Waals surface area (Å²) in [5.41, 5.74) is 2.21. The lowest BCUT2D eigenvalue weighted by atomic mass is 9.58. The summed E-state index contributed by atoms with van der Waals surface area (Å²) in [4.78, 5) is 3.61. The van der Waals surface area contributed by atoms with Gasteiger partial charge in [-0.3, -0.25) is 0 Å². The van der Waals surface area contributed by atoms with E-state index in [0.29, 0.717) is 23.7 Å². The largest absolute Gasteiger partial charge is 0.716 e. The third-order valence-corrected chi connectivity index (χ3v) is 6.44. The molecule has 1 aromatic rings. The Kier molecular flexibility index (Phi) is 5.33. The second-order valence-electron chi connectivity index (χ2n) is 7.71. The van der Waals surface area contributed by atoms with Crippen LogP contribution in [0.5, 0.6) is 11.5 Å². The first-order valence-corrected chi connectivity index (χ1v) is 10.4. The number of benzene rings is 1. The van der Waals surface area contributed by atoms with Crippen LogP contribution in [0.1, 0.15) is 37.7 Å². The van der Waals surface area contributed by atoms with Crippen molar-refractivity contribution in [3.8, 4) is 11.5 Å². The Morgan fingerprint density at radius 2 is 2.04 bits per heavy atom. The van der Waals surface area contributed by atoms with Crippen molar-refractivity contribution in [2.45, 2.75) is 32.1 Å². The Labute approximate surface area is 159 Å².